The number of nitrogens with two attached hydrogens (primary N) is 1. The van der Waals surface area contributed by atoms with E-state index in [2.05, 4.69) is 15.3 Å². The Balaban J connectivity index is 1.71. The van der Waals surface area contributed by atoms with Crippen molar-refractivity contribution >= 4 is 11.4 Å². The van der Waals surface area contributed by atoms with Crippen LogP contribution in [0.2, 0.25) is 0 Å². The minimum Gasteiger partial charge on any atom is -0.481 e. The van der Waals surface area contributed by atoms with Crippen LogP contribution in [0.3, 0.4) is 0 Å². The topological polar surface area (TPSA) is 121 Å². The normalized spacial score (nSPS) is 13.3. The molecule has 0 aliphatic heterocycles. The summed E-state index contributed by atoms with van der Waals surface area (Å²) in [6, 6.07) is 9.25. The van der Waals surface area contributed by atoms with Gasteiger partial charge in [-0.3, -0.25) is 4.79 Å². The van der Waals surface area contributed by atoms with Crippen LogP contribution in [0.1, 0.15) is 41.9 Å². The number of amides is 1. The Bertz CT molecular complexity index is 1240. The zero-order valence-corrected chi connectivity index (χ0v) is 17.6. The molecule has 9 heteroatoms. The molecule has 0 radical (unpaired) electrons. The Morgan fingerprint density at radius 2 is 2.10 bits per heavy atom. The summed E-state index contributed by atoms with van der Waals surface area (Å²) >= 11 is 0. The average molecular weight is 420 g/mol. The van der Waals surface area contributed by atoms with Crippen LogP contribution in [0.4, 0.5) is 0 Å². The van der Waals surface area contributed by atoms with E-state index in [0.29, 0.717) is 35.8 Å². The number of aromatic nitrogens is 5. The molecule has 4 heterocycles. The molecule has 3 N–H and O–H groups in total. The van der Waals surface area contributed by atoms with Gasteiger partial charge in [-0.25, -0.2) is 9.67 Å². The highest BCUT2D eigenvalue weighted by Crippen LogP contribution is 2.29. The van der Waals surface area contributed by atoms with Crippen molar-refractivity contribution in [3.05, 3.63) is 65.7 Å². The number of methoxy groups -OCH3 is 1. The molecule has 9 nitrogen and oxygen atoms in total. The molecular weight excluding hydrogens is 396 g/mol. The van der Waals surface area contributed by atoms with Crippen molar-refractivity contribution in [2.45, 2.75) is 32.4 Å². The summed E-state index contributed by atoms with van der Waals surface area (Å²) in [4.78, 5) is 16.3. The van der Waals surface area contributed by atoms with Gasteiger partial charge in [-0.2, -0.15) is 0 Å². The van der Waals surface area contributed by atoms with Crippen molar-refractivity contribution < 1.29 is 14.6 Å². The maximum Gasteiger partial charge on any atom is 0.250 e. The Morgan fingerprint density at radius 1 is 1.29 bits per heavy atom. The van der Waals surface area contributed by atoms with Crippen LogP contribution >= 0.6 is 0 Å². The second-order valence-corrected chi connectivity index (χ2v) is 7.62. The highest BCUT2D eigenvalue weighted by molar-refractivity contribution is 6.01. The third-order valence-corrected chi connectivity index (χ3v) is 5.45. The predicted octanol–water partition coefficient (Wildman–Crippen LogP) is 2.37. The lowest BCUT2D eigenvalue weighted by molar-refractivity contribution is 0.0484. The minimum absolute atomic E-state index is 0.408. The molecular formula is C22H24N6O3. The summed E-state index contributed by atoms with van der Waals surface area (Å²) < 4.78 is 8.70. The van der Waals surface area contributed by atoms with Gasteiger partial charge in [0.15, 0.2) is 0 Å². The fourth-order valence-corrected chi connectivity index (χ4v) is 3.44. The molecule has 4 aromatic rings. The fraction of sp³-hybridized carbons (Fsp3) is 0.273. The Kier molecular flexibility index (Phi) is 5.20. The third-order valence-electron chi connectivity index (χ3n) is 5.45. The number of hydrogen-bond donors (Lipinski definition) is 2. The van der Waals surface area contributed by atoms with Crippen molar-refractivity contribution in [2.24, 2.45) is 5.73 Å². The number of hydrogen-bond acceptors (Lipinski definition) is 6. The zero-order valence-electron chi connectivity index (χ0n) is 17.6. The predicted molar refractivity (Wildman–Crippen MR) is 115 cm³/mol. The fourth-order valence-electron chi connectivity index (χ4n) is 3.44. The standard InChI is InChI=1S/C22H24N6O3/c1-4-22(2,30)18-13-27(26-25-18)12-14-7-8-28-16(9-14)10-17(21(23)29)20(28)15-5-6-19(31-3)24-11-15/h5-11,13,30H,4,12H2,1-3H3,(H2,23,29). The molecule has 31 heavy (non-hydrogen) atoms. The largest absolute Gasteiger partial charge is 0.481 e. The van der Waals surface area contributed by atoms with Crippen LogP contribution in [0.15, 0.2) is 48.9 Å². The average Bonchev–Trinajstić information content (AvgIpc) is 3.39. The van der Waals surface area contributed by atoms with Gasteiger partial charge in [-0.1, -0.05) is 12.1 Å². The molecule has 0 aromatic carbocycles. The van der Waals surface area contributed by atoms with Crippen molar-refractivity contribution in [3.8, 4) is 17.1 Å². The lowest BCUT2D eigenvalue weighted by Gasteiger charge is -2.16. The van der Waals surface area contributed by atoms with Crippen molar-refractivity contribution in [2.75, 3.05) is 7.11 Å². The van der Waals surface area contributed by atoms with Gasteiger partial charge in [0.05, 0.1) is 31.1 Å². The second kappa shape index (κ2) is 7.84. The maximum atomic E-state index is 12.1. The molecule has 0 saturated carbocycles. The first-order valence-electron chi connectivity index (χ1n) is 9.89. The smallest absolute Gasteiger partial charge is 0.250 e. The molecule has 1 atom stereocenters. The summed E-state index contributed by atoms with van der Waals surface area (Å²) in [5, 5.41) is 18.6. The SMILES string of the molecule is CCC(C)(O)c1cn(Cc2ccn3c(-c4ccc(OC)nc4)c(C(N)=O)cc3c2)nn1. The van der Waals surface area contributed by atoms with Crippen LogP contribution in [-0.4, -0.2) is 42.5 Å². The van der Waals surface area contributed by atoms with E-state index in [0.717, 1.165) is 16.6 Å². The Hall–Kier alpha value is -3.72. The molecule has 0 bridgehead atoms. The molecule has 4 aromatic heterocycles. The first kappa shape index (κ1) is 20.5. The van der Waals surface area contributed by atoms with Gasteiger partial charge in [0.1, 0.15) is 11.3 Å². The van der Waals surface area contributed by atoms with E-state index in [1.54, 1.807) is 43.2 Å². The van der Waals surface area contributed by atoms with E-state index in [4.69, 9.17) is 10.5 Å². The van der Waals surface area contributed by atoms with E-state index < -0.39 is 11.5 Å². The van der Waals surface area contributed by atoms with Crippen LogP contribution in [0, 0.1) is 0 Å². The van der Waals surface area contributed by atoms with Crippen molar-refractivity contribution in [1.29, 1.82) is 0 Å². The summed E-state index contributed by atoms with van der Waals surface area (Å²) in [7, 11) is 1.55. The van der Waals surface area contributed by atoms with Gasteiger partial charge in [0.2, 0.25) is 5.88 Å². The number of rotatable bonds is 7. The summed E-state index contributed by atoms with van der Waals surface area (Å²) in [5.41, 5.74) is 8.78. The summed E-state index contributed by atoms with van der Waals surface area (Å²) in [6.07, 6.45) is 5.82. The van der Waals surface area contributed by atoms with Crippen LogP contribution in [0.25, 0.3) is 16.8 Å². The van der Waals surface area contributed by atoms with Crippen LogP contribution < -0.4 is 10.5 Å². The van der Waals surface area contributed by atoms with Crippen molar-refractivity contribution in [1.82, 2.24) is 24.4 Å². The van der Waals surface area contributed by atoms with Gasteiger partial charge in [0, 0.05) is 29.5 Å². The lowest BCUT2D eigenvalue weighted by atomic mass is 10.0. The number of carbonyl (C=O) groups is 1. The van der Waals surface area contributed by atoms with E-state index >= 15 is 0 Å². The first-order chi connectivity index (χ1) is 14.8. The Labute approximate surface area is 179 Å². The molecule has 0 aliphatic rings. The molecule has 1 unspecified atom stereocenters. The van der Waals surface area contributed by atoms with Crippen molar-refractivity contribution in [3.63, 3.8) is 0 Å². The molecule has 0 spiro atoms. The van der Waals surface area contributed by atoms with Gasteiger partial charge in [0.25, 0.3) is 5.91 Å². The lowest BCUT2D eigenvalue weighted by Crippen LogP contribution is -2.20. The number of aliphatic hydroxyl groups is 1. The molecule has 1 amide bonds. The third kappa shape index (κ3) is 3.87. The van der Waals surface area contributed by atoms with Gasteiger partial charge < -0.3 is 20.0 Å². The second-order valence-electron chi connectivity index (χ2n) is 7.62. The van der Waals surface area contributed by atoms with Gasteiger partial charge >= 0.3 is 0 Å². The van der Waals surface area contributed by atoms with E-state index in [1.807, 2.05) is 35.7 Å². The maximum absolute atomic E-state index is 12.1. The quantitative estimate of drug-likeness (QED) is 0.473. The Morgan fingerprint density at radius 3 is 2.74 bits per heavy atom. The first-order valence-corrected chi connectivity index (χ1v) is 9.89. The molecule has 0 fully saturated rings. The molecule has 4 rings (SSSR count). The molecule has 0 aliphatic carbocycles. The number of ether oxygens (including phenoxy) is 1. The van der Waals surface area contributed by atoms with E-state index in [9.17, 15) is 9.90 Å². The summed E-state index contributed by atoms with van der Waals surface area (Å²) in [5.74, 6) is -0.0273. The minimum atomic E-state index is -1.01. The van der Waals surface area contributed by atoms with Gasteiger partial charge in [-0.15, -0.1) is 5.10 Å². The number of primary amides is 1. The van der Waals surface area contributed by atoms with Gasteiger partial charge in [-0.05, 0) is 43.2 Å². The van der Waals surface area contributed by atoms with Crippen LogP contribution in [0.5, 0.6) is 5.88 Å². The highest BCUT2D eigenvalue weighted by Gasteiger charge is 2.24. The zero-order chi connectivity index (χ0) is 22.2. The number of pyridine rings is 2. The number of nitrogens with zero attached hydrogens (tertiary/aromatic N) is 5. The number of carbonyl (C=O) groups excluding carboxylic acids is 1. The molecule has 0 saturated heterocycles. The van der Waals surface area contributed by atoms with E-state index in [-0.39, 0.29) is 0 Å². The van der Waals surface area contributed by atoms with E-state index in [1.165, 1.54) is 0 Å². The number of fused-ring (bicyclic) bond motifs is 1. The molecule has 160 valence electrons. The summed E-state index contributed by atoms with van der Waals surface area (Å²) in [6.45, 7) is 4.08. The highest BCUT2D eigenvalue weighted by atomic mass is 16.5. The van der Waals surface area contributed by atoms with Crippen LogP contribution in [-0.2, 0) is 12.1 Å². The monoisotopic (exact) mass is 420 g/mol.